The number of ether oxygens (including phenoxy) is 5. The van der Waals surface area contributed by atoms with Gasteiger partial charge in [-0.05, 0) is 228 Å². The Hall–Kier alpha value is -16.0. The first-order chi connectivity index (χ1) is 67.3. The largest absolute Gasteiger partial charge is 0.497 e. The van der Waals surface area contributed by atoms with E-state index >= 15 is 0 Å². The molecule has 0 bridgehead atoms. The van der Waals surface area contributed by atoms with Crippen LogP contribution in [-0.4, -0.2) is 72.2 Å². The summed E-state index contributed by atoms with van der Waals surface area (Å²) in [6.45, 7) is 33.8. The molecule has 0 unspecified atom stereocenters. The quantitative estimate of drug-likeness (QED) is 0.0529. The maximum atomic E-state index is 12.3. The number of morpholine rings is 1. The normalized spacial score (nSPS) is 13.9. The Balaban J connectivity index is 0.000000122. The van der Waals surface area contributed by atoms with Crippen LogP contribution in [0.3, 0.4) is 0 Å². The Bertz CT molecular complexity index is 7030. The van der Waals surface area contributed by atoms with Gasteiger partial charge in [0.05, 0.1) is 47.6 Å². The molecule has 0 atom stereocenters. The van der Waals surface area contributed by atoms with E-state index in [4.69, 9.17) is 23.7 Å². The van der Waals surface area contributed by atoms with Crippen molar-refractivity contribution in [1.29, 1.82) is 0 Å². The first-order valence-corrected chi connectivity index (χ1v) is 46.7. The summed E-state index contributed by atoms with van der Waals surface area (Å²) in [5.74, 6) is 1.60. The number of hydrogen-bond donors (Lipinski definition) is 9. The van der Waals surface area contributed by atoms with Gasteiger partial charge >= 0.3 is 12.1 Å². The van der Waals surface area contributed by atoms with Crippen LogP contribution in [0.1, 0.15) is 58.9 Å². The number of para-hydroxylation sites is 1. The van der Waals surface area contributed by atoms with E-state index in [-0.39, 0.29) is 19.0 Å². The molecule has 14 aromatic rings. The van der Waals surface area contributed by atoms with Gasteiger partial charge in [-0.1, -0.05) is 251 Å². The molecule has 0 aliphatic carbocycles. The van der Waals surface area contributed by atoms with E-state index in [0.29, 0.717) is 18.6 Å². The van der Waals surface area contributed by atoms with E-state index in [1.54, 1.807) is 33.5 Å². The molecule has 9 N–H and O–H groups in total. The fraction of sp³-hybridized carbons (Fsp3) is 0.160. The smallest absolute Gasteiger partial charge is 0.471 e. The molecule has 9 aliphatic rings. The Labute approximate surface area is 826 Å². The molecule has 1 saturated heterocycles. The van der Waals surface area contributed by atoms with Crippen LogP contribution in [0, 0.1) is 0 Å². The Morgan fingerprint density at radius 2 is 0.700 bits per heavy atom. The standard InChI is InChI=1S/C17H13F3N2O.C16H15NO2.3C16H15NO.C15H13N.C13H16N2O.C9H8BrN.CH4/c1-10-7-13-6-5-12(9-15(13)21-10)11-3-2-4-14(8-11)22-16(23)17(18,19)20;1-2-19-14-5-3-4-11(8-14)12-6-7-13-10-16(18)17-15(13)9-12;1-11-9-14-4-3-13(10-16(14)17-11)12-5-7-15(18-2)8-6-12;1-11-8-14-7-6-13(10-16(14)17-11)12-4-3-5-15(9-12)18-2;1-11-9-13-8-7-12(10-15(13)17-11)14-5-3-4-6-16(14)18-2;1-11-9-14-8-7-13(10-15(14)16-11)12-5-3-2-4-6-12;1-10-8-11-2-3-12(9-13(11)14-10)15-4-6-16-7-5-15;1-6-4-7-2-3-8(10)5-9(7)11-6;/h2-6,8-9,21H,1,7H2,(H,22,23);3-9H,2,10H2,1H3,(H,17,18);3-8,10,17H,1,9H2,2H3;3-7,9-10,17H,1,8H2,2H3;3-8,10,17H,1,9H2,2H3;2-8,10,16H,1,9H2;2-3,9,14H,1,4-8H2;2-3,5,11H,1,4H2;1H4. The summed E-state index contributed by atoms with van der Waals surface area (Å²) < 4.78 is 64.8. The number of halogens is 4. The number of nitrogens with one attached hydrogen (secondary N) is 9. The van der Waals surface area contributed by atoms with Gasteiger partial charge in [0.15, 0.2) is 0 Å². The van der Waals surface area contributed by atoms with Crippen LogP contribution in [0.4, 0.5) is 70.0 Å². The maximum absolute atomic E-state index is 12.3. The number of carbonyl (C=O) groups is 2. The van der Waals surface area contributed by atoms with E-state index in [1.807, 2.05) is 128 Å². The average Bonchev–Trinajstić information content (AvgIpc) is 1.64. The molecular formula is C119H114BrF3N10O7. The zero-order chi connectivity index (χ0) is 97.2. The second kappa shape index (κ2) is 45.3. The Kier molecular flexibility index (Phi) is 31.9. The molecule has 9 heterocycles. The molecule has 0 spiro atoms. The molecule has 0 aromatic heterocycles. The number of alkyl halides is 3. The Morgan fingerprint density at radius 3 is 1.15 bits per heavy atom. The van der Waals surface area contributed by atoms with Crippen LogP contribution >= 0.6 is 15.9 Å². The minimum absolute atomic E-state index is 0. The van der Waals surface area contributed by atoms with Crippen molar-refractivity contribution in [2.45, 2.75) is 71.9 Å². The number of rotatable bonds is 13. The number of fused-ring (bicyclic) bond motifs is 8. The van der Waals surface area contributed by atoms with E-state index in [9.17, 15) is 22.8 Å². The molecule has 14 aromatic carbocycles. The van der Waals surface area contributed by atoms with Crippen molar-refractivity contribution >= 4 is 84.6 Å². The average molecular weight is 1930 g/mol. The second-order valence-electron chi connectivity index (χ2n) is 34.6. The minimum Gasteiger partial charge on any atom is -0.497 e. The van der Waals surface area contributed by atoms with Gasteiger partial charge in [-0.25, -0.2) is 0 Å². The lowest BCUT2D eigenvalue weighted by Gasteiger charge is -2.29. The summed E-state index contributed by atoms with van der Waals surface area (Å²) in [7, 11) is 5.07. The van der Waals surface area contributed by atoms with Gasteiger partial charge in [-0.15, -0.1) is 0 Å². The fourth-order valence-electron chi connectivity index (χ4n) is 17.4. The molecule has 1 fully saturated rings. The van der Waals surface area contributed by atoms with Gasteiger partial charge in [0.1, 0.15) is 23.0 Å². The van der Waals surface area contributed by atoms with Crippen LogP contribution in [0.25, 0.3) is 66.8 Å². The lowest BCUT2D eigenvalue weighted by atomic mass is 10.0. The van der Waals surface area contributed by atoms with E-state index in [2.05, 4.69) is 267 Å². The molecule has 23 rings (SSSR count). The number of amides is 2. The number of benzene rings is 14. The van der Waals surface area contributed by atoms with E-state index < -0.39 is 12.1 Å². The number of carbonyl (C=O) groups excluding carboxylic acids is 2. The van der Waals surface area contributed by atoms with Gasteiger partial charge in [0, 0.05) is 165 Å². The van der Waals surface area contributed by atoms with Crippen molar-refractivity contribution < 1.29 is 46.4 Å². The molecule has 17 nitrogen and oxygen atoms in total. The number of methoxy groups -OCH3 is 3. The van der Waals surface area contributed by atoms with Gasteiger partial charge in [0.25, 0.3) is 0 Å². The zero-order valence-electron chi connectivity index (χ0n) is 78.2. The van der Waals surface area contributed by atoms with Crippen molar-refractivity contribution in [2.75, 3.05) is 107 Å². The molecule has 9 aliphatic heterocycles. The summed E-state index contributed by atoms with van der Waals surface area (Å²) in [6.07, 6.45) is 1.97. The summed E-state index contributed by atoms with van der Waals surface area (Å²) in [5.41, 5.74) is 41.1. The minimum atomic E-state index is -4.91. The Morgan fingerprint density at radius 1 is 0.357 bits per heavy atom. The molecule has 21 heteroatoms. The lowest BCUT2D eigenvalue weighted by Crippen LogP contribution is -2.36. The van der Waals surface area contributed by atoms with Crippen LogP contribution in [0.2, 0.25) is 0 Å². The number of allylic oxidation sites excluding steroid dienone is 7. The molecular weight excluding hydrogens is 1820 g/mol. The summed E-state index contributed by atoms with van der Waals surface area (Å²) >= 11 is 3.42. The number of hydrogen-bond acceptors (Lipinski definition) is 15. The van der Waals surface area contributed by atoms with E-state index in [1.165, 1.54) is 107 Å². The SMILES string of the molecule is C.C=C1Cc2ccc(-c3ccc(OC)cc3)cc2N1.C=C1Cc2ccc(-c3cccc(NC(=O)C(F)(F)F)c3)cc2N1.C=C1Cc2ccc(-c3cccc(OC)c3)cc2N1.C=C1Cc2ccc(-c3ccccc3)cc2N1.C=C1Cc2ccc(-c3ccccc3OC)cc2N1.C=C1Cc2ccc(Br)cc2N1.C=C1Cc2ccc(N3CCOCC3)cc2N1.CCOc1cccc(-c2ccc3c(c2)NC(=O)C3)c1. The first-order valence-electron chi connectivity index (χ1n) is 45.9. The molecule has 140 heavy (non-hydrogen) atoms. The monoisotopic (exact) mass is 1930 g/mol. The van der Waals surface area contributed by atoms with Gasteiger partial charge in [-0.2, -0.15) is 13.2 Å². The predicted octanol–water partition coefficient (Wildman–Crippen LogP) is 28.5. The predicted molar refractivity (Wildman–Crippen MR) is 575 cm³/mol. The number of nitrogens with zero attached hydrogens (tertiary/aromatic N) is 1. The van der Waals surface area contributed by atoms with Gasteiger partial charge < -0.3 is 76.4 Å². The molecule has 0 radical (unpaired) electrons. The third-order valence-electron chi connectivity index (χ3n) is 24.4. The molecule has 2 amide bonds. The van der Waals surface area contributed by atoms with Crippen molar-refractivity contribution in [2.24, 2.45) is 0 Å². The lowest BCUT2D eigenvalue weighted by molar-refractivity contribution is -0.167. The zero-order valence-corrected chi connectivity index (χ0v) is 79.8. The third-order valence-corrected chi connectivity index (χ3v) is 24.9. The molecule has 710 valence electrons. The van der Waals surface area contributed by atoms with Crippen molar-refractivity contribution in [3.63, 3.8) is 0 Å². The van der Waals surface area contributed by atoms with Gasteiger partial charge in [-0.3, -0.25) is 9.59 Å². The second-order valence-corrected chi connectivity index (χ2v) is 35.5. The summed E-state index contributed by atoms with van der Waals surface area (Å²) in [6, 6.07) is 99.7. The highest BCUT2D eigenvalue weighted by Gasteiger charge is 2.39. The summed E-state index contributed by atoms with van der Waals surface area (Å²) in [5, 5.41) is 27.7. The number of anilines is 10. The van der Waals surface area contributed by atoms with Crippen LogP contribution in [0.15, 0.2) is 388 Å². The van der Waals surface area contributed by atoms with Crippen molar-refractivity contribution in [3.8, 4) is 89.8 Å². The summed E-state index contributed by atoms with van der Waals surface area (Å²) in [4.78, 5) is 24.7. The third kappa shape index (κ3) is 25.3. The molecule has 0 saturated carbocycles. The van der Waals surface area contributed by atoms with Crippen LogP contribution in [0.5, 0.6) is 23.0 Å². The van der Waals surface area contributed by atoms with Crippen molar-refractivity contribution in [1.82, 2.24) is 0 Å². The highest BCUT2D eigenvalue weighted by molar-refractivity contribution is 9.10. The highest BCUT2D eigenvalue weighted by Crippen LogP contribution is 2.42. The highest BCUT2D eigenvalue weighted by atomic mass is 79.9. The topological polar surface area (TPSA) is 192 Å². The maximum Gasteiger partial charge on any atom is 0.471 e. The van der Waals surface area contributed by atoms with Crippen molar-refractivity contribution in [3.05, 3.63) is 432 Å². The van der Waals surface area contributed by atoms with E-state index in [0.717, 1.165) is 200 Å². The fourth-order valence-corrected chi connectivity index (χ4v) is 17.8. The van der Waals surface area contributed by atoms with Crippen LogP contribution < -0.4 is 71.7 Å². The van der Waals surface area contributed by atoms with Crippen LogP contribution in [-0.2, 0) is 65.7 Å². The first kappa shape index (κ1) is 98.5. The van der Waals surface area contributed by atoms with Gasteiger partial charge in [0.2, 0.25) is 5.91 Å².